The lowest BCUT2D eigenvalue weighted by atomic mass is 10.2. The van der Waals surface area contributed by atoms with Gasteiger partial charge in [-0.15, -0.1) is 0 Å². The Morgan fingerprint density at radius 1 is 1.17 bits per heavy atom. The Bertz CT molecular complexity index is 530. The van der Waals surface area contributed by atoms with Gasteiger partial charge in [-0.3, -0.25) is 0 Å². The molecule has 2 heterocycles. The van der Waals surface area contributed by atoms with Crippen molar-refractivity contribution in [3.05, 3.63) is 47.7 Å². The first kappa shape index (κ1) is 12.4. The van der Waals surface area contributed by atoms with E-state index in [9.17, 15) is 17.6 Å². The number of hydrogen-bond donors (Lipinski definition) is 1. The zero-order valence-corrected chi connectivity index (χ0v) is 9.18. The molecule has 1 unspecified atom stereocenters. The first-order chi connectivity index (χ1) is 8.50. The third-order valence-corrected chi connectivity index (χ3v) is 2.33. The van der Waals surface area contributed by atoms with Gasteiger partial charge < -0.3 is 9.73 Å². The molecule has 3 nitrogen and oxygen atoms in total. The summed E-state index contributed by atoms with van der Waals surface area (Å²) in [5.41, 5.74) is -0.913. The molecule has 0 saturated carbocycles. The van der Waals surface area contributed by atoms with Gasteiger partial charge in [0.15, 0.2) is 0 Å². The Hall–Kier alpha value is -2.05. The van der Waals surface area contributed by atoms with E-state index in [-0.39, 0.29) is 0 Å². The molecule has 7 heteroatoms. The van der Waals surface area contributed by atoms with E-state index in [0.717, 1.165) is 0 Å². The zero-order valence-electron chi connectivity index (χ0n) is 9.18. The summed E-state index contributed by atoms with van der Waals surface area (Å²) in [4.78, 5) is 2.46. The average molecular weight is 260 g/mol. The predicted molar refractivity (Wildman–Crippen MR) is 54.8 cm³/mol. The van der Waals surface area contributed by atoms with Crippen molar-refractivity contribution in [2.75, 3.05) is 5.32 Å². The van der Waals surface area contributed by atoms with Crippen molar-refractivity contribution in [3.8, 4) is 0 Å². The fourth-order valence-electron chi connectivity index (χ4n) is 1.44. The number of furan rings is 1. The number of halogens is 4. The number of pyridine rings is 1. The minimum absolute atomic E-state index is 0.367. The van der Waals surface area contributed by atoms with E-state index in [0.29, 0.717) is 5.76 Å². The first-order valence-electron chi connectivity index (χ1n) is 5.00. The number of nitrogens with one attached hydrogen (secondary N) is 1. The van der Waals surface area contributed by atoms with Crippen molar-refractivity contribution in [1.29, 1.82) is 0 Å². The summed E-state index contributed by atoms with van der Waals surface area (Å²) in [6.07, 6.45) is 1.37. The maximum Gasteiger partial charge on any atom is 0.253 e. The van der Waals surface area contributed by atoms with Crippen LogP contribution in [-0.4, -0.2) is 4.98 Å². The SMILES string of the molecule is CC(Nc1c(F)c(F)nc(F)c1F)c1ccco1. The topological polar surface area (TPSA) is 38.1 Å². The second-order valence-electron chi connectivity index (χ2n) is 3.58. The lowest BCUT2D eigenvalue weighted by Crippen LogP contribution is -2.12. The van der Waals surface area contributed by atoms with Gasteiger partial charge in [0.25, 0.3) is 11.9 Å². The molecule has 0 aliphatic carbocycles. The molecular formula is C11H8F4N2O. The lowest BCUT2D eigenvalue weighted by molar-refractivity contribution is 0.408. The van der Waals surface area contributed by atoms with Crippen LogP contribution in [0.4, 0.5) is 23.2 Å². The molecule has 0 aliphatic heterocycles. The van der Waals surface area contributed by atoms with Crippen molar-refractivity contribution in [2.45, 2.75) is 13.0 Å². The zero-order chi connectivity index (χ0) is 13.3. The van der Waals surface area contributed by atoms with Crippen molar-refractivity contribution >= 4 is 5.69 Å². The van der Waals surface area contributed by atoms with E-state index in [1.165, 1.54) is 13.2 Å². The molecule has 0 saturated heterocycles. The Labute approximate surface area is 99.4 Å². The van der Waals surface area contributed by atoms with Crippen LogP contribution in [0.5, 0.6) is 0 Å². The monoisotopic (exact) mass is 260 g/mol. The Morgan fingerprint density at radius 3 is 2.28 bits per heavy atom. The van der Waals surface area contributed by atoms with Crippen LogP contribution < -0.4 is 5.32 Å². The van der Waals surface area contributed by atoms with E-state index in [1.54, 1.807) is 12.1 Å². The summed E-state index contributed by atoms with van der Waals surface area (Å²) in [7, 11) is 0. The highest BCUT2D eigenvalue weighted by molar-refractivity contribution is 5.46. The Morgan fingerprint density at radius 2 is 1.78 bits per heavy atom. The molecule has 0 aromatic carbocycles. The quantitative estimate of drug-likeness (QED) is 0.679. The molecule has 96 valence electrons. The van der Waals surface area contributed by atoms with Crippen LogP contribution in [0.15, 0.2) is 22.8 Å². The van der Waals surface area contributed by atoms with Gasteiger partial charge >= 0.3 is 0 Å². The Balaban J connectivity index is 2.34. The molecular weight excluding hydrogens is 252 g/mol. The van der Waals surface area contributed by atoms with Gasteiger partial charge in [-0.2, -0.15) is 22.5 Å². The summed E-state index contributed by atoms with van der Waals surface area (Å²) >= 11 is 0. The van der Waals surface area contributed by atoms with Crippen LogP contribution in [0.2, 0.25) is 0 Å². The second kappa shape index (κ2) is 4.67. The van der Waals surface area contributed by atoms with Crippen molar-refractivity contribution in [2.24, 2.45) is 0 Å². The summed E-state index contributed by atoms with van der Waals surface area (Å²) in [6.45, 7) is 1.52. The molecule has 0 fully saturated rings. The minimum Gasteiger partial charge on any atom is -0.467 e. The standard InChI is InChI=1S/C11H8F4N2O/c1-5(6-3-2-4-18-6)16-9-7(12)10(14)17-11(15)8(9)13/h2-5H,1H3,(H,16,17). The first-order valence-corrected chi connectivity index (χ1v) is 5.00. The summed E-state index contributed by atoms with van der Waals surface area (Å²) in [5, 5.41) is 2.30. The van der Waals surface area contributed by atoms with Gasteiger partial charge in [0.1, 0.15) is 11.4 Å². The number of nitrogens with zero attached hydrogens (tertiary/aromatic N) is 1. The van der Waals surface area contributed by atoms with E-state index in [1.807, 2.05) is 0 Å². The normalized spacial score (nSPS) is 12.5. The predicted octanol–water partition coefficient (Wildman–Crippen LogP) is 3.40. The van der Waals surface area contributed by atoms with Crippen molar-refractivity contribution in [3.63, 3.8) is 0 Å². The smallest absolute Gasteiger partial charge is 0.253 e. The lowest BCUT2D eigenvalue weighted by Gasteiger charge is -2.14. The molecule has 0 radical (unpaired) electrons. The van der Waals surface area contributed by atoms with E-state index in [2.05, 4.69) is 10.3 Å². The van der Waals surface area contributed by atoms with Crippen molar-refractivity contribution in [1.82, 2.24) is 4.98 Å². The molecule has 18 heavy (non-hydrogen) atoms. The molecule has 2 aromatic rings. The highest BCUT2D eigenvalue weighted by Crippen LogP contribution is 2.26. The van der Waals surface area contributed by atoms with Crippen LogP contribution in [0.1, 0.15) is 18.7 Å². The average Bonchev–Trinajstić information content (AvgIpc) is 2.85. The van der Waals surface area contributed by atoms with E-state index < -0.39 is 35.3 Å². The van der Waals surface area contributed by atoms with Gasteiger partial charge in [0.2, 0.25) is 11.6 Å². The molecule has 0 spiro atoms. The molecule has 0 bridgehead atoms. The fourth-order valence-corrected chi connectivity index (χ4v) is 1.44. The van der Waals surface area contributed by atoms with Gasteiger partial charge in [-0.25, -0.2) is 0 Å². The van der Waals surface area contributed by atoms with Crippen LogP contribution in [-0.2, 0) is 0 Å². The number of hydrogen-bond acceptors (Lipinski definition) is 3. The maximum atomic E-state index is 13.3. The van der Waals surface area contributed by atoms with Crippen LogP contribution in [0.3, 0.4) is 0 Å². The molecule has 0 amide bonds. The van der Waals surface area contributed by atoms with E-state index in [4.69, 9.17) is 4.42 Å². The van der Waals surface area contributed by atoms with Gasteiger partial charge in [-0.1, -0.05) is 0 Å². The van der Waals surface area contributed by atoms with E-state index >= 15 is 0 Å². The highest BCUT2D eigenvalue weighted by atomic mass is 19.2. The number of rotatable bonds is 3. The second-order valence-corrected chi connectivity index (χ2v) is 3.58. The molecule has 2 rings (SSSR count). The highest BCUT2D eigenvalue weighted by Gasteiger charge is 2.22. The third-order valence-electron chi connectivity index (χ3n) is 2.33. The van der Waals surface area contributed by atoms with Crippen LogP contribution in [0.25, 0.3) is 0 Å². The summed E-state index contributed by atoms with van der Waals surface area (Å²) < 4.78 is 57.3. The minimum atomic E-state index is -1.71. The molecule has 1 N–H and O–H groups in total. The van der Waals surface area contributed by atoms with Gasteiger partial charge in [0, 0.05) is 0 Å². The van der Waals surface area contributed by atoms with Gasteiger partial charge in [-0.05, 0) is 19.1 Å². The van der Waals surface area contributed by atoms with Crippen LogP contribution >= 0.6 is 0 Å². The maximum absolute atomic E-state index is 13.3. The summed E-state index contributed by atoms with van der Waals surface area (Å²) in [6, 6.07) is 2.47. The van der Waals surface area contributed by atoms with Crippen LogP contribution in [0, 0.1) is 23.5 Å². The molecule has 1 atom stereocenters. The molecule has 2 aromatic heterocycles. The Kier molecular flexibility index (Phi) is 3.22. The van der Waals surface area contributed by atoms with Gasteiger partial charge in [0.05, 0.1) is 12.3 Å². The summed E-state index contributed by atoms with van der Waals surface area (Å²) in [5.74, 6) is -6.20. The largest absolute Gasteiger partial charge is 0.467 e. The number of anilines is 1. The third kappa shape index (κ3) is 2.15. The van der Waals surface area contributed by atoms with Crippen molar-refractivity contribution < 1.29 is 22.0 Å². The number of aromatic nitrogens is 1. The fraction of sp³-hybridized carbons (Fsp3) is 0.182. The molecule has 0 aliphatic rings.